The molecule has 1 saturated carbocycles. The number of hydrogen-bond donors (Lipinski definition) is 2. The molecule has 5 heterocycles. The summed E-state index contributed by atoms with van der Waals surface area (Å²) in [6.07, 6.45) is 7.38. The van der Waals surface area contributed by atoms with Crippen molar-refractivity contribution in [3.05, 3.63) is 66.0 Å². The van der Waals surface area contributed by atoms with Crippen LogP contribution in [0, 0.1) is 6.92 Å². The molecule has 1 fully saturated rings. The SMILES string of the molecule is C=CC(=O)N[C@H]1CCCC[C@H]1N1C(=O)N(c2ccc(Oc3cccnn3)nc2C)c2ccnc3sc(C(N)=O)c1c23. The second-order valence-electron chi connectivity index (χ2n) is 9.73. The van der Waals surface area contributed by atoms with Crippen molar-refractivity contribution in [2.24, 2.45) is 5.73 Å². The van der Waals surface area contributed by atoms with Gasteiger partial charge >= 0.3 is 6.03 Å². The van der Waals surface area contributed by atoms with Crippen LogP contribution >= 0.6 is 11.3 Å². The molecule has 0 saturated heterocycles. The Morgan fingerprint density at radius 2 is 1.98 bits per heavy atom. The van der Waals surface area contributed by atoms with Gasteiger partial charge in [0.2, 0.25) is 17.7 Å². The molecular formula is C28H26N8O4S. The zero-order chi connectivity index (χ0) is 28.7. The summed E-state index contributed by atoms with van der Waals surface area (Å²) in [5.74, 6) is -0.393. The first kappa shape index (κ1) is 26.3. The van der Waals surface area contributed by atoms with Gasteiger partial charge in [-0.2, -0.15) is 5.10 Å². The smallest absolute Gasteiger partial charge is 0.334 e. The highest BCUT2D eigenvalue weighted by molar-refractivity contribution is 7.21. The number of pyridine rings is 2. The van der Waals surface area contributed by atoms with Crippen LogP contribution in [0.5, 0.6) is 11.8 Å². The van der Waals surface area contributed by atoms with Gasteiger partial charge in [0.1, 0.15) is 9.71 Å². The molecule has 4 aromatic rings. The molecule has 41 heavy (non-hydrogen) atoms. The first-order valence-electron chi connectivity index (χ1n) is 13.1. The topological polar surface area (TPSA) is 157 Å². The minimum absolute atomic E-state index is 0.245. The number of anilines is 3. The van der Waals surface area contributed by atoms with E-state index < -0.39 is 11.9 Å². The van der Waals surface area contributed by atoms with Gasteiger partial charge in [0.05, 0.1) is 40.2 Å². The lowest BCUT2D eigenvalue weighted by molar-refractivity contribution is -0.117. The number of urea groups is 1. The summed E-state index contributed by atoms with van der Waals surface area (Å²) in [5.41, 5.74) is 7.87. The van der Waals surface area contributed by atoms with E-state index in [2.05, 4.69) is 32.1 Å². The monoisotopic (exact) mass is 570 g/mol. The summed E-state index contributed by atoms with van der Waals surface area (Å²) in [6.45, 7) is 5.35. The number of carbonyl (C=O) groups excluding carboxylic acids is 3. The maximum absolute atomic E-state index is 14.6. The van der Waals surface area contributed by atoms with Crippen LogP contribution in [0.4, 0.5) is 21.9 Å². The Balaban J connectivity index is 1.49. The lowest BCUT2D eigenvalue weighted by Gasteiger charge is -2.44. The summed E-state index contributed by atoms with van der Waals surface area (Å²) in [5, 5.41) is 11.4. The number of nitrogens with zero attached hydrogens (tertiary/aromatic N) is 6. The molecule has 0 unspecified atom stereocenters. The van der Waals surface area contributed by atoms with Crippen molar-refractivity contribution in [2.45, 2.75) is 44.7 Å². The molecule has 4 amide bonds. The van der Waals surface area contributed by atoms with E-state index >= 15 is 0 Å². The van der Waals surface area contributed by atoms with E-state index in [0.29, 0.717) is 51.7 Å². The molecule has 0 aromatic carbocycles. The summed E-state index contributed by atoms with van der Waals surface area (Å²) >= 11 is 1.15. The Hall–Kier alpha value is -4.91. The van der Waals surface area contributed by atoms with Gasteiger partial charge < -0.3 is 15.8 Å². The average Bonchev–Trinajstić information content (AvgIpc) is 3.36. The maximum atomic E-state index is 14.6. The van der Waals surface area contributed by atoms with E-state index in [4.69, 9.17) is 10.5 Å². The predicted octanol–water partition coefficient (Wildman–Crippen LogP) is 4.37. The number of ether oxygens (including phenoxy) is 1. The molecule has 4 aromatic heterocycles. The molecule has 13 heteroatoms. The van der Waals surface area contributed by atoms with Gasteiger partial charge in [0.25, 0.3) is 5.91 Å². The van der Waals surface area contributed by atoms with Crippen molar-refractivity contribution < 1.29 is 19.1 Å². The van der Waals surface area contributed by atoms with Crippen molar-refractivity contribution >= 4 is 56.5 Å². The van der Waals surface area contributed by atoms with Crippen LogP contribution in [-0.4, -0.2) is 50.1 Å². The van der Waals surface area contributed by atoms with E-state index in [9.17, 15) is 14.4 Å². The van der Waals surface area contributed by atoms with Crippen LogP contribution in [-0.2, 0) is 4.79 Å². The number of hydrogen-bond acceptors (Lipinski definition) is 9. The van der Waals surface area contributed by atoms with Crippen molar-refractivity contribution in [3.63, 3.8) is 0 Å². The van der Waals surface area contributed by atoms with Gasteiger partial charge in [0.15, 0.2) is 0 Å². The molecule has 2 aliphatic rings. The number of aromatic nitrogens is 4. The van der Waals surface area contributed by atoms with Gasteiger partial charge in [-0.15, -0.1) is 16.4 Å². The minimum atomic E-state index is -0.647. The minimum Gasteiger partial charge on any atom is -0.419 e. The quantitative estimate of drug-likeness (QED) is 0.310. The number of aryl methyl sites for hydroxylation is 1. The molecule has 1 aliphatic carbocycles. The van der Waals surface area contributed by atoms with Gasteiger partial charge in [0, 0.05) is 24.5 Å². The fraction of sp³-hybridized carbons (Fsp3) is 0.250. The maximum Gasteiger partial charge on any atom is 0.334 e. The van der Waals surface area contributed by atoms with Crippen molar-refractivity contribution in [2.75, 3.05) is 9.80 Å². The summed E-state index contributed by atoms with van der Waals surface area (Å²) in [6, 6.07) is 7.34. The zero-order valence-corrected chi connectivity index (χ0v) is 22.9. The fourth-order valence-corrected chi connectivity index (χ4v) is 6.53. The van der Waals surface area contributed by atoms with Crippen LogP contribution in [0.1, 0.15) is 41.0 Å². The van der Waals surface area contributed by atoms with Gasteiger partial charge in [-0.3, -0.25) is 19.4 Å². The third-order valence-corrected chi connectivity index (χ3v) is 8.35. The van der Waals surface area contributed by atoms with Crippen LogP contribution in [0.3, 0.4) is 0 Å². The number of primary amides is 1. The lowest BCUT2D eigenvalue weighted by atomic mass is 9.88. The van der Waals surface area contributed by atoms with E-state index in [1.54, 1.807) is 59.4 Å². The van der Waals surface area contributed by atoms with E-state index in [-0.39, 0.29) is 28.7 Å². The van der Waals surface area contributed by atoms with Crippen LogP contribution < -0.4 is 25.6 Å². The molecule has 6 rings (SSSR count). The van der Waals surface area contributed by atoms with Gasteiger partial charge in [-0.1, -0.05) is 19.4 Å². The van der Waals surface area contributed by atoms with Gasteiger partial charge in [-0.25, -0.2) is 14.8 Å². The number of thiophene rings is 1. The van der Waals surface area contributed by atoms with E-state index in [1.165, 1.54) is 6.08 Å². The van der Waals surface area contributed by atoms with Crippen LogP contribution in [0.2, 0.25) is 0 Å². The average molecular weight is 571 g/mol. The summed E-state index contributed by atoms with van der Waals surface area (Å²) in [4.78, 5) is 52.7. The fourth-order valence-electron chi connectivity index (χ4n) is 5.52. The largest absolute Gasteiger partial charge is 0.419 e. The number of nitrogens with two attached hydrogens (primary N) is 1. The predicted molar refractivity (Wildman–Crippen MR) is 154 cm³/mol. The van der Waals surface area contributed by atoms with Crippen molar-refractivity contribution in [3.8, 4) is 11.8 Å². The molecular weight excluding hydrogens is 544 g/mol. The molecule has 12 nitrogen and oxygen atoms in total. The van der Waals surface area contributed by atoms with Crippen LogP contribution in [0.15, 0.2) is 55.4 Å². The highest BCUT2D eigenvalue weighted by Gasteiger charge is 2.44. The number of carbonyl (C=O) groups is 3. The van der Waals surface area contributed by atoms with Gasteiger partial charge in [-0.05, 0) is 44.0 Å². The standard InChI is InChI=1S/C28H26N8O4S/c1-3-20(37)33-16-7-4-5-8-18(16)36-24-23-19(12-14-30-27(23)41-25(24)26(29)38)35(28(36)39)17-10-11-21(32-15(17)2)40-22-9-6-13-31-34-22/h3,6,9-14,16,18H,1,4-5,7-8H2,2H3,(H2,29,38)(H,33,37)/t16-,18+/m0/s1. The lowest BCUT2D eigenvalue weighted by Crippen LogP contribution is -2.58. The van der Waals surface area contributed by atoms with Crippen molar-refractivity contribution in [1.82, 2.24) is 25.5 Å². The highest BCUT2D eigenvalue weighted by atomic mass is 32.1. The van der Waals surface area contributed by atoms with E-state index in [1.807, 2.05) is 0 Å². The highest BCUT2D eigenvalue weighted by Crippen LogP contribution is 2.50. The Bertz CT molecular complexity index is 1690. The molecule has 3 N–H and O–H groups in total. The third-order valence-electron chi connectivity index (χ3n) is 7.25. The zero-order valence-electron chi connectivity index (χ0n) is 22.1. The number of rotatable bonds is 7. The second-order valence-corrected chi connectivity index (χ2v) is 10.7. The summed E-state index contributed by atoms with van der Waals surface area (Å²) in [7, 11) is 0. The molecule has 1 aliphatic heterocycles. The molecule has 2 atom stereocenters. The molecule has 208 valence electrons. The Morgan fingerprint density at radius 1 is 1.15 bits per heavy atom. The molecule has 0 bridgehead atoms. The van der Waals surface area contributed by atoms with E-state index in [0.717, 1.165) is 24.2 Å². The Labute approximate surface area is 238 Å². The third kappa shape index (κ3) is 4.63. The summed E-state index contributed by atoms with van der Waals surface area (Å²) < 4.78 is 5.74. The Morgan fingerprint density at radius 3 is 2.71 bits per heavy atom. The first-order valence-corrected chi connectivity index (χ1v) is 13.9. The Kier molecular flexibility index (Phi) is 6.79. The first-order chi connectivity index (χ1) is 19.9. The molecule has 0 radical (unpaired) electrons. The van der Waals surface area contributed by atoms with Crippen LogP contribution in [0.25, 0.3) is 10.2 Å². The number of nitrogens with one attached hydrogen (secondary N) is 1. The number of amides is 4. The normalized spacial score (nSPS) is 18.3. The molecule has 0 spiro atoms. The second kappa shape index (κ2) is 10.6. The van der Waals surface area contributed by atoms with Crippen molar-refractivity contribution in [1.29, 1.82) is 0 Å².